The van der Waals surface area contributed by atoms with Crippen molar-refractivity contribution >= 4 is 50.9 Å². The third-order valence-electron chi connectivity index (χ3n) is 5.22. The fourth-order valence-corrected chi connectivity index (χ4v) is 5.17. The lowest BCUT2D eigenvalue weighted by atomic mass is 9.96. The topological polar surface area (TPSA) is 90.1 Å². The molecule has 1 aliphatic rings. The molecule has 1 unspecified atom stereocenters. The number of thiazole rings is 1. The molecule has 0 bridgehead atoms. The lowest BCUT2D eigenvalue weighted by Crippen LogP contribution is -2.40. The summed E-state index contributed by atoms with van der Waals surface area (Å²) in [6, 6.07) is 11.2. The number of benzene rings is 2. The van der Waals surface area contributed by atoms with Crippen LogP contribution < -0.4 is 14.9 Å². The summed E-state index contributed by atoms with van der Waals surface area (Å²) in [5.74, 6) is -0.455. The molecule has 2 heterocycles. The average Bonchev–Trinajstić information content (AvgIpc) is 3.10. The van der Waals surface area contributed by atoms with Gasteiger partial charge in [-0.25, -0.2) is 9.79 Å². The van der Waals surface area contributed by atoms with Crippen molar-refractivity contribution in [1.82, 2.24) is 4.57 Å². The predicted octanol–water partition coefficient (Wildman–Crippen LogP) is 3.55. The third kappa shape index (κ3) is 4.88. The number of hydrogen-bond acceptors (Lipinski definition) is 7. The van der Waals surface area contributed by atoms with Gasteiger partial charge in [0.15, 0.2) is 4.80 Å². The van der Waals surface area contributed by atoms with Gasteiger partial charge in [0.1, 0.15) is 12.4 Å². The maximum absolute atomic E-state index is 13.6. The van der Waals surface area contributed by atoms with Gasteiger partial charge in [-0.05, 0) is 64.3 Å². The number of allylic oxidation sites excluding steroid dienone is 1. The monoisotopic (exact) mass is 562 g/mol. The zero-order valence-electron chi connectivity index (χ0n) is 18.2. The van der Waals surface area contributed by atoms with E-state index in [4.69, 9.17) is 21.1 Å². The standard InChI is InChI=1S/C24H20BrClN2O5S/c1-13-20(23(31)33-10-9-32-2)21(15-4-6-16(26)7-5-15)28-22(30)19(34-24(28)27-13)12-14-3-8-18(29)17(25)11-14/h3-8,11-12,21,29H,9-10H2,1-2H3. The SMILES string of the molecule is COCCOC(=O)C1=C(C)N=c2sc(=Cc3ccc(O)c(Br)c3)c(=O)n2C1c1ccc(Cl)cc1. The van der Waals surface area contributed by atoms with Crippen LogP contribution in [0.25, 0.3) is 6.08 Å². The number of aromatic nitrogens is 1. The number of nitrogens with zero attached hydrogens (tertiary/aromatic N) is 2. The number of phenols is 1. The van der Waals surface area contributed by atoms with E-state index in [1.807, 2.05) is 0 Å². The molecule has 1 aromatic heterocycles. The number of carbonyl (C=O) groups excluding carboxylic acids is 1. The number of carbonyl (C=O) groups is 1. The van der Waals surface area contributed by atoms with Gasteiger partial charge in [-0.15, -0.1) is 0 Å². The van der Waals surface area contributed by atoms with Crippen LogP contribution in [0.1, 0.15) is 24.1 Å². The highest BCUT2D eigenvalue weighted by Gasteiger charge is 2.33. The van der Waals surface area contributed by atoms with Gasteiger partial charge in [0.05, 0.1) is 32.9 Å². The summed E-state index contributed by atoms with van der Waals surface area (Å²) in [4.78, 5) is 31.6. The van der Waals surface area contributed by atoms with Crippen molar-refractivity contribution in [2.45, 2.75) is 13.0 Å². The van der Waals surface area contributed by atoms with Crippen molar-refractivity contribution < 1.29 is 19.4 Å². The number of ether oxygens (including phenoxy) is 2. The highest BCUT2D eigenvalue weighted by Crippen LogP contribution is 2.31. The van der Waals surface area contributed by atoms with Crippen LogP contribution in [0.15, 0.2) is 68.0 Å². The molecule has 4 rings (SSSR count). The second-order valence-corrected chi connectivity index (χ2v) is 9.77. The van der Waals surface area contributed by atoms with E-state index in [9.17, 15) is 14.7 Å². The second-order valence-electron chi connectivity index (χ2n) is 7.47. The van der Waals surface area contributed by atoms with Gasteiger partial charge in [0, 0.05) is 12.1 Å². The Morgan fingerprint density at radius 2 is 2.00 bits per heavy atom. The van der Waals surface area contributed by atoms with Crippen LogP contribution in [-0.4, -0.2) is 36.0 Å². The van der Waals surface area contributed by atoms with Crippen LogP contribution in [0.4, 0.5) is 0 Å². The van der Waals surface area contributed by atoms with Crippen molar-refractivity contribution in [2.24, 2.45) is 4.99 Å². The highest BCUT2D eigenvalue weighted by molar-refractivity contribution is 9.10. The lowest BCUT2D eigenvalue weighted by molar-refractivity contribution is -0.140. The Labute approximate surface area is 212 Å². The minimum absolute atomic E-state index is 0.0829. The Hall–Kier alpha value is -2.72. The first kappa shape index (κ1) is 24.4. The normalized spacial score (nSPS) is 15.8. The summed E-state index contributed by atoms with van der Waals surface area (Å²) in [7, 11) is 1.52. The zero-order chi connectivity index (χ0) is 24.4. The van der Waals surface area contributed by atoms with Gasteiger partial charge in [-0.3, -0.25) is 9.36 Å². The number of fused-ring (bicyclic) bond motifs is 1. The van der Waals surface area contributed by atoms with E-state index < -0.39 is 12.0 Å². The van der Waals surface area contributed by atoms with Crippen molar-refractivity contribution in [3.63, 3.8) is 0 Å². The van der Waals surface area contributed by atoms with Crippen molar-refractivity contribution in [1.29, 1.82) is 0 Å². The summed E-state index contributed by atoms with van der Waals surface area (Å²) in [6.45, 7) is 2.06. The smallest absolute Gasteiger partial charge is 0.338 e. The summed E-state index contributed by atoms with van der Waals surface area (Å²) in [6.07, 6.45) is 1.73. The number of rotatable bonds is 6. The van der Waals surface area contributed by atoms with Gasteiger partial charge in [0.2, 0.25) is 0 Å². The number of aromatic hydroxyl groups is 1. The minimum Gasteiger partial charge on any atom is -0.507 e. The number of hydrogen-bond donors (Lipinski definition) is 1. The second kappa shape index (κ2) is 10.3. The van der Waals surface area contributed by atoms with Crippen LogP contribution >= 0.6 is 38.9 Å². The fraction of sp³-hybridized carbons (Fsp3) is 0.208. The molecule has 0 spiro atoms. The minimum atomic E-state index is -0.725. The molecular weight excluding hydrogens is 544 g/mol. The van der Waals surface area contributed by atoms with E-state index in [1.165, 1.54) is 23.0 Å². The highest BCUT2D eigenvalue weighted by atomic mass is 79.9. The van der Waals surface area contributed by atoms with Crippen LogP contribution in [0.2, 0.25) is 5.02 Å². The average molecular weight is 564 g/mol. The van der Waals surface area contributed by atoms with E-state index in [-0.39, 0.29) is 30.1 Å². The molecule has 0 saturated heterocycles. The molecule has 0 aliphatic carbocycles. The Kier molecular flexibility index (Phi) is 7.37. The summed E-state index contributed by atoms with van der Waals surface area (Å²) in [5.41, 5.74) is 1.90. The molecule has 3 aromatic rings. The number of methoxy groups -OCH3 is 1. The van der Waals surface area contributed by atoms with Gasteiger partial charge in [-0.1, -0.05) is 41.1 Å². The van der Waals surface area contributed by atoms with Gasteiger partial charge < -0.3 is 14.6 Å². The molecule has 1 aliphatic heterocycles. The first-order chi connectivity index (χ1) is 16.3. The Morgan fingerprint density at radius 3 is 2.68 bits per heavy atom. The van der Waals surface area contributed by atoms with E-state index in [1.54, 1.807) is 55.5 Å². The molecule has 34 heavy (non-hydrogen) atoms. The molecule has 0 radical (unpaired) electrons. The molecule has 1 N–H and O–H groups in total. The Balaban J connectivity index is 1.88. The summed E-state index contributed by atoms with van der Waals surface area (Å²) in [5, 5.41) is 10.3. The van der Waals surface area contributed by atoms with Crippen molar-refractivity contribution in [3.8, 4) is 5.75 Å². The van der Waals surface area contributed by atoms with Crippen LogP contribution in [0.3, 0.4) is 0 Å². The van der Waals surface area contributed by atoms with Crippen LogP contribution in [0.5, 0.6) is 5.75 Å². The van der Waals surface area contributed by atoms with Gasteiger partial charge in [0.25, 0.3) is 5.56 Å². The number of esters is 1. The molecule has 0 amide bonds. The maximum atomic E-state index is 13.6. The van der Waals surface area contributed by atoms with Crippen LogP contribution in [-0.2, 0) is 14.3 Å². The number of phenolic OH excluding ortho intramolecular Hbond substituents is 1. The zero-order valence-corrected chi connectivity index (χ0v) is 21.4. The van der Waals surface area contributed by atoms with Gasteiger partial charge >= 0.3 is 5.97 Å². The first-order valence-corrected chi connectivity index (χ1v) is 12.2. The largest absolute Gasteiger partial charge is 0.507 e. The van der Waals surface area contributed by atoms with E-state index in [0.717, 1.165) is 5.56 Å². The van der Waals surface area contributed by atoms with Gasteiger partial charge in [-0.2, -0.15) is 0 Å². The molecule has 2 aromatic carbocycles. The molecule has 0 fully saturated rings. The molecule has 1 atom stereocenters. The number of halogens is 2. The third-order valence-corrected chi connectivity index (χ3v) is 7.09. The lowest BCUT2D eigenvalue weighted by Gasteiger charge is -2.24. The molecule has 0 saturated carbocycles. The van der Waals surface area contributed by atoms with E-state index >= 15 is 0 Å². The Morgan fingerprint density at radius 1 is 1.26 bits per heavy atom. The molecule has 7 nitrogen and oxygen atoms in total. The molecular formula is C24H20BrClN2O5S. The van der Waals surface area contributed by atoms with Crippen molar-refractivity contribution in [2.75, 3.05) is 20.3 Å². The van der Waals surface area contributed by atoms with E-state index in [2.05, 4.69) is 20.9 Å². The fourth-order valence-electron chi connectivity index (χ4n) is 3.60. The molecule has 176 valence electrons. The maximum Gasteiger partial charge on any atom is 0.338 e. The quantitative estimate of drug-likeness (QED) is 0.366. The Bertz CT molecular complexity index is 1460. The summed E-state index contributed by atoms with van der Waals surface area (Å²) >= 11 is 10.6. The van der Waals surface area contributed by atoms with Crippen molar-refractivity contribution in [3.05, 3.63) is 94.0 Å². The first-order valence-electron chi connectivity index (χ1n) is 10.2. The summed E-state index contributed by atoms with van der Waals surface area (Å²) < 4.78 is 12.8. The van der Waals surface area contributed by atoms with Crippen LogP contribution in [0, 0.1) is 0 Å². The predicted molar refractivity (Wildman–Crippen MR) is 134 cm³/mol. The van der Waals surface area contributed by atoms with E-state index in [0.29, 0.717) is 30.1 Å². The molecule has 10 heteroatoms.